The van der Waals surface area contributed by atoms with Crippen LogP contribution in [0.3, 0.4) is 0 Å². The van der Waals surface area contributed by atoms with Gasteiger partial charge in [0.05, 0.1) is 0 Å². The number of hydrogen-bond donors (Lipinski definition) is 1. The first kappa shape index (κ1) is 14.5. The SMILES string of the molecule is CNCCCN1CCN(C(=O)CCC=C2CC2)CC1. The lowest BCUT2D eigenvalue weighted by Crippen LogP contribution is -2.49. The third kappa shape index (κ3) is 5.33. The molecule has 1 saturated heterocycles. The van der Waals surface area contributed by atoms with Crippen molar-refractivity contribution in [2.45, 2.75) is 32.1 Å². The number of piperazine rings is 1. The second-order valence-corrected chi connectivity index (χ2v) is 5.58. The third-order valence-corrected chi connectivity index (χ3v) is 3.96. The Hall–Kier alpha value is -0.870. The Morgan fingerprint density at radius 3 is 2.63 bits per heavy atom. The molecule has 1 aliphatic carbocycles. The van der Waals surface area contributed by atoms with E-state index in [0.29, 0.717) is 12.3 Å². The largest absolute Gasteiger partial charge is 0.340 e. The molecule has 108 valence electrons. The molecule has 1 heterocycles. The molecule has 0 aromatic heterocycles. The minimum Gasteiger partial charge on any atom is -0.340 e. The summed E-state index contributed by atoms with van der Waals surface area (Å²) in [5, 5.41) is 3.17. The van der Waals surface area contributed by atoms with Gasteiger partial charge in [0.1, 0.15) is 0 Å². The van der Waals surface area contributed by atoms with E-state index in [1.165, 1.54) is 19.3 Å². The topological polar surface area (TPSA) is 35.6 Å². The van der Waals surface area contributed by atoms with Crippen LogP contribution in [0.4, 0.5) is 0 Å². The van der Waals surface area contributed by atoms with E-state index in [9.17, 15) is 4.79 Å². The molecule has 0 atom stereocenters. The zero-order valence-corrected chi connectivity index (χ0v) is 12.2. The zero-order valence-electron chi connectivity index (χ0n) is 12.2. The normalized spacial score (nSPS) is 19.6. The first-order valence-corrected chi connectivity index (χ1v) is 7.62. The quantitative estimate of drug-likeness (QED) is 0.556. The van der Waals surface area contributed by atoms with Crippen molar-refractivity contribution in [1.82, 2.24) is 15.1 Å². The van der Waals surface area contributed by atoms with Gasteiger partial charge in [0.25, 0.3) is 0 Å². The van der Waals surface area contributed by atoms with Gasteiger partial charge in [-0.3, -0.25) is 9.69 Å². The van der Waals surface area contributed by atoms with E-state index >= 15 is 0 Å². The molecule has 1 N–H and O–H groups in total. The standard InChI is InChI=1S/C15H27N3O/c1-16-8-3-9-17-10-12-18(13-11-17)15(19)5-2-4-14-6-7-14/h4,16H,2-3,5-13H2,1H3. The van der Waals surface area contributed by atoms with E-state index in [1.54, 1.807) is 5.57 Å². The molecular weight excluding hydrogens is 238 g/mol. The van der Waals surface area contributed by atoms with Crippen LogP contribution >= 0.6 is 0 Å². The third-order valence-electron chi connectivity index (χ3n) is 3.96. The van der Waals surface area contributed by atoms with Crippen molar-refractivity contribution >= 4 is 5.91 Å². The van der Waals surface area contributed by atoms with Crippen LogP contribution in [0.1, 0.15) is 32.1 Å². The summed E-state index contributed by atoms with van der Waals surface area (Å²) in [4.78, 5) is 16.5. The van der Waals surface area contributed by atoms with Crippen LogP contribution in [-0.2, 0) is 4.79 Å². The van der Waals surface area contributed by atoms with Crippen LogP contribution < -0.4 is 5.32 Å². The molecule has 1 aliphatic heterocycles. The van der Waals surface area contributed by atoms with Crippen LogP contribution in [0.5, 0.6) is 0 Å². The molecular formula is C15H27N3O. The van der Waals surface area contributed by atoms with E-state index in [2.05, 4.69) is 16.3 Å². The Morgan fingerprint density at radius 1 is 1.26 bits per heavy atom. The van der Waals surface area contributed by atoms with Gasteiger partial charge in [0.2, 0.25) is 5.91 Å². The monoisotopic (exact) mass is 265 g/mol. The molecule has 0 aromatic rings. The molecule has 0 aromatic carbocycles. The minimum absolute atomic E-state index is 0.340. The van der Waals surface area contributed by atoms with Gasteiger partial charge >= 0.3 is 0 Å². The Morgan fingerprint density at radius 2 is 2.00 bits per heavy atom. The predicted octanol–water partition coefficient (Wildman–Crippen LogP) is 1.24. The number of hydrogen-bond acceptors (Lipinski definition) is 3. The molecule has 0 unspecified atom stereocenters. The highest BCUT2D eigenvalue weighted by atomic mass is 16.2. The molecule has 1 amide bonds. The van der Waals surface area contributed by atoms with Crippen LogP contribution in [-0.4, -0.2) is 62.0 Å². The molecule has 0 bridgehead atoms. The lowest BCUT2D eigenvalue weighted by atomic mass is 10.2. The number of nitrogens with zero attached hydrogens (tertiary/aromatic N) is 2. The van der Waals surface area contributed by atoms with Gasteiger partial charge in [0.15, 0.2) is 0 Å². The Balaban J connectivity index is 1.58. The van der Waals surface area contributed by atoms with E-state index < -0.39 is 0 Å². The lowest BCUT2D eigenvalue weighted by Gasteiger charge is -2.34. The highest BCUT2D eigenvalue weighted by Gasteiger charge is 2.20. The Labute approximate surface area is 116 Å². The molecule has 0 spiro atoms. The van der Waals surface area contributed by atoms with Gasteiger partial charge in [-0.25, -0.2) is 0 Å². The van der Waals surface area contributed by atoms with Crippen molar-refractivity contribution in [3.63, 3.8) is 0 Å². The van der Waals surface area contributed by atoms with Crippen molar-refractivity contribution in [3.8, 4) is 0 Å². The summed E-state index contributed by atoms with van der Waals surface area (Å²) in [6.07, 6.45) is 7.61. The number of allylic oxidation sites excluding steroid dienone is 2. The van der Waals surface area contributed by atoms with E-state index in [-0.39, 0.29) is 0 Å². The van der Waals surface area contributed by atoms with Crippen LogP contribution in [0.15, 0.2) is 11.6 Å². The number of carbonyl (C=O) groups excluding carboxylic acids is 1. The summed E-state index contributed by atoms with van der Waals surface area (Å²) >= 11 is 0. The highest BCUT2D eigenvalue weighted by molar-refractivity contribution is 5.76. The molecule has 2 rings (SSSR count). The second kappa shape index (κ2) is 7.65. The average molecular weight is 265 g/mol. The predicted molar refractivity (Wildman–Crippen MR) is 78.1 cm³/mol. The second-order valence-electron chi connectivity index (χ2n) is 5.58. The first-order chi connectivity index (χ1) is 9.29. The molecule has 2 fully saturated rings. The number of amides is 1. The van der Waals surface area contributed by atoms with E-state index in [4.69, 9.17) is 0 Å². The van der Waals surface area contributed by atoms with Crippen molar-refractivity contribution in [2.75, 3.05) is 46.3 Å². The first-order valence-electron chi connectivity index (χ1n) is 7.62. The smallest absolute Gasteiger partial charge is 0.222 e. The van der Waals surface area contributed by atoms with Gasteiger partial charge < -0.3 is 10.2 Å². The van der Waals surface area contributed by atoms with Crippen LogP contribution in [0.25, 0.3) is 0 Å². The molecule has 1 saturated carbocycles. The summed E-state index contributed by atoms with van der Waals surface area (Å²) in [5.74, 6) is 0.340. The molecule has 4 nitrogen and oxygen atoms in total. The van der Waals surface area contributed by atoms with Crippen molar-refractivity contribution in [2.24, 2.45) is 0 Å². The maximum atomic E-state index is 12.0. The zero-order chi connectivity index (χ0) is 13.5. The number of rotatable bonds is 7. The average Bonchev–Trinajstić information content (AvgIpc) is 3.24. The fourth-order valence-corrected chi connectivity index (χ4v) is 2.53. The fraction of sp³-hybridized carbons (Fsp3) is 0.800. The molecule has 0 radical (unpaired) electrons. The summed E-state index contributed by atoms with van der Waals surface area (Å²) in [5.41, 5.74) is 1.54. The van der Waals surface area contributed by atoms with E-state index in [0.717, 1.165) is 45.7 Å². The summed E-state index contributed by atoms with van der Waals surface area (Å²) in [7, 11) is 1.99. The summed E-state index contributed by atoms with van der Waals surface area (Å²) in [6.45, 7) is 6.12. The van der Waals surface area contributed by atoms with Gasteiger partial charge in [0, 0.05) is 32.6 Å². The van der Waals surface area contributed by atoms with E-state index in [1.807, 2.05) is 11.9 Å². The molecule has 19 heavy (non-hydrogen) atoms. The minimum atomic E-state index is 0.340. The summed E-state index contributed by atoms with van der Waals surface area (Å²) < 4.78 is 0. The van der Waals surface area contributed by atoms with Crippen molar-refractivity contribution < 1.29 is 4.79 Å². The van der Waals surface area contributed by atoms with Gasteiger partial charge in [-0.15, -0.1) is 0 Å². The number of nitrogens with one attached hydrogen (secondary N) is 1. The van der Waals surface area contributed by atoms with Gasteiger partial charge in [-0.1, -0.05) is 11.6 Å². The Kier molecular flexibility index (Phi) is 5.86. The number of carbonyl (C=O) groups is 1. The van der Waals surface area contributed by atoms with Crippen LogP contribution in [0, 0.1) is 0 Å². The molecule has 2 aliphatic rings. The van der Waals surface area contributed by atoms with Crippen molar-refractivity contribution in [1.29, 1.82) is 0 Å². The Bertz CT molecular complexity index is 313. The summed E-state index contributed by atoms with van der Waals surface area (Å²) in [6, 6.07) is 0. The fourth-order valence-electron chi connectivity index (χ4n) is 2.53. The van der Waals surface area contributed by atoms with Crippen molar-refractivity contribution in [3.05, 3.63) is 11.6 Å². The van der Waals surface area contributed by atoms with Gasteiger partial charge in [-0.05, 0) is 45.8 Å². The van der Waals surface area contributed by atoms with Crippen LogP contribution in [0.2, 0.25) is 0 Å². The molecule has 4 heteroatoms. The maximum absolute atomic E-state index is 12.0. The lowest BCUT2D eigenvalue weighted by molar-refractivity contribution is -0.132. The van der Waals surface area contributed by atoms with Gasteiger partial charge in [-0.2, -0.15) is 0 Å². The highest BCUT2D eigenvalue weighted by Crippen LogP contribution is 2.28. The maximum Gasteiger partial charge on any atom is 0.222 e.